The molecule has 160 valence electrons. The Kier molecular flexibility index (Phi) is 6.81. The van der Waals surface area contributed by atoms with Gasteiger partial charge in [0.1, 0.15) is 43.1 Å². The maximum absolute atomic E-state index is 13.9. The van der Waals surface area contributed by atoms with Gasteiger partial charge in [-0.3, -0.25) is 15.8 Å². The monoisotopic (exact) mass is 421 g/mol. The van der Waals surface area contributed by atoms with Gasteiger partial charge in [-0.15, -0.1) is 0 Å². The molecule has 3 rings (SSSR count). The molecule has 0 saturated carbocycles. The van der Waals surface area contributed by atoms with Gasteiger partial charge in [0.05, 0.1) is 5.69 Å². The van der Waals surface area contributed by atoms with Crippen molar-refractivity contribution in [2.24, 2.45) is 11.5 Å². The summed E-state index contributed by atoms with van der Waals surface area (Å²) >= 11 is 0. The predicted octanol–water partition coefficient (Wildman–Crippen LogP) is 3.59. The number of benzene rings is 2. The lowest BCUT2D eigenvalue weighted by Crippen LogP contribution is -2.11. The molecule has 0 unspecified atom stereocenters. The second-order valence-electron chi connectivity index (χ2n) is 6.94. The van der Waals surface area contributed by atoms with Crippen LogP contribution in [0.1, 0.15) is 33.5 Å². The van der Waals surface area contributed by atoms with E-state index in [1.165, 1.54) is 0 Å². The lowest BCUT2D eigenvalue weighted by molar-refractivity contribution is 0.282. The van der Waals surface area contributed by atoms with Gasteiger partial charge in [-0.1, -0.05) is 24.3 Å². The van der Waals surface area contributed by atoms with Crippen molar-refractivity contribution in [3.63, 3.8) is 0 Å². The molecule has 0 aliphatic rings. The minimum Gasteiger partial charge on any atom is -0.489 e. The molecule has 0 amide bonds. The maximum Gasteiger partial charge on any atom is 0.147 e. The lowest BCUT2D eigenvalue weighted by Gasteiger charge is -2.16. The molecule has 0 aliphatic carbocycles. The summed E-state index contributed by atoms with van der Waals surface area (Å²) < 4.78 is 25.6. The quantitative estimate of drug-likeness (QED) is 0.310. The van der Waals surface area contributed by atoms with Crippen LogP contribution in [0.15, 0.2) is 54.7 Å². The van der Waals surface area contributed by atoms with Crippen molar-refractivity contribution in [2.45, 2.75) is 26.8 Å². The third-order valence-corrected chi connectivity index (χ3v) is 4.75. The number of hydrogen-bond acceptors (Lipinski definition) is 5. The number of nitrogens with zero attached hydrogens (tertiary/aromatic N) is 1. The summed E-state index contributed by atoms with van der Waals surface area (Å²) in [5.74, 6) is 0.942. The summed E-state index contributed by atoms with van der Waals surface area (Å²) in [6.07, 6.45) is 1.59. The predicted molar refractivity (Wildman–Crippen MR) is 117 cm³/mol. The summed E-state index contributed by atoms with van der Waals surface area (Å²) in [5, 5.41) is 14.9. The van der Waals surface area contributed by atoms with Crippen molar-refractivity contribution < 1.29 is 13.9 Å². The van der Waals surface area contributed by atoms with Crippen molar-refractivity contribution in [3.05, 3.63) is 88.2 Å². The van der Waals surface area contributed by atoms with Crippen LogP contribution in [0, 0.1) is 17.7 Å². The molecule has 0 bridgehead atoms. The number of alkyl halides is 1. The number of hydrogen-bond donors (Lipinski definition) is 4. The largest absolute Gasteiger partial charge is 0.489 e. The van der Waals surface area contributed by atoms with Crippen LogP contribution < -0.4 is 20.9 Å². The van der Waals surface area contributed by atoms with Gasteiger partial charge in [0.2, 0.25) is 0 Å². The Morgan fingerprint density at radius 2 is 1.48 bits per heavy atom. The SMILES string of the molecule is Cc1ncc(COc2ccc(C(=N)N)cc2)c(CF)c1OCc1ccc(C(=N)N)cc1. The van der Waals surface area contributed by atoms with Crippen LogP contribution in [0.4, 0.5) is 4.39 Å². The molecule has 0 radical (unpaired) electrons. The molecule has 7 nitrogen and oxygen atoms in total. The molecule has 31 heavy (non-hydrogen) atoms. The van der Waals surface area contributed by atoms with E-state index in [2.05, 4.69) is 4.98 Å². The Bertz CT molecular complexity index is 1080. The first-order valence-electron chi connectivity index (χ1n) is 9.55. The summed E-state index contributed by atoms with van der Waals surface area (Å²) in [6, 6.07) is 13.9. The fraction of sp³-hybridized carbons (Fsp3) is 0.174. The first-order chi connectivity index (χ1) is 14.9. The molecule has 6 N–H and O–H groups in total. The van der Waals surface area contributed by atoms with Crippen molar-refractivity contribution in [2.75, 3.05) is 0 Å². The van der Waals surface area contributed by atoms with Crippen molar-refractivity contribution in [1.82, 2.24) is 4.98 Å². The topological polar surface area (TPSA) is 131 Å². The van der Waals surface area contributed by atoms with Crippen molar-refractivity contribution in [1.29, 1.82) is 10.8 Å². The maximum atomic E-state index is 13.9. The lowest BCUT2D eigenvalue weighted by atomic mass is 10.1. The van der Waals surface area contributed by atoms with Gasteiger partial charge in [-0.05, 0) is 36.8 Å². The van der Waals surface area contributed by atoms with Gasteiger partial charge in [-0.2, -0.15) is 0 Å². The summed E-state index contributed by atoms with van der Waals surface area (Å²) in [7, 11) is 0. The average molecular weight is 421 g/mol. The first kappa shape index (κ1) is 21.8. The molecule has 3 aromatic rings. The van der Waals surface area contributed by atoms with E-state index in [0.29, 0.717) is 39.4 Å². The van der Waals surface area contributed by atoms with Crippen LogP contribution >= 0.6 is 0 Å². The molecular formula is C23H24FN5O2. The molecule has 0 atom stereocenters. The number of halogens is 1. The number of nitrogen functional groups attached to an aromatic ring is 2. The molecule has 1 heterocycles. The number of nitrogens with one attached hydrogen (secondary N) is 2. The van der Waals surface area contributed by atoms with E-state index in [9.17, 15) is 4.39 Å². The summed E-state index contributed by atoms with van der Waals surface area (Å²) in [4.78, 5) is 4.33. The fourth-order valence-electron chi connectivity index (χ4n) is 2.97. The number of rotatable bonds is 9. The van der Waals surface area contributed by atoms with E-state index in [4.69, 9.17) is 31.8 Å². The van der Waals surface area contributed by atoms with E-state index in [-0.39, 0.29) is 24.9 Å². The minimum absolute atomic E-state index is 0.00383. The Morgan fingerprint density at radius 1 is 0.903 bits per heavy atom. The van der Waals surface area contributed by atoms with E-state index in [0.717, 1.165) is 5.56 Å². The van der Waals surface area contributed by atoms with E-state index >= 15 is 0 Å². The molecule has 1 aromatic heterocycles. The Labute approximate surface area is 179 Å². The fourth-order valence-corrected chi connectivity index (χ4v) is 2.97. The second-order valence-corrected chi connectivity index (χ2v) is 6.94. The molecule has 0 spiro atoms. The van der Waals surface area contributed by atoms with Gasteiger partial charge in [0.15, 0.2) is 0 Å². The number of pyridine rings is 1. The highest BCUT2D eigenvalue weighted by Crippen LogP contribution is 2.28. The van der Waals surface area contributed by atoms with E-state index in [1.54, 1.807) is 49.5 Å². The molecule has 2 aromatic carbocycles. The van der Waals surface area contributed by atoms with Crippen LogP contribution in [0.2, 0.25) is 0 Å². The summed E-state index contributed by atoms with van der Waals surface area (Å²) in [5.41, 5.74) is 14.6. The third-order valence-electron chi connectivity index (χ3n) is 4.75. The van der Waals surface area contributed by atoms with Gasteiger partial charge in [0.25, 0.3) is 0 Å². The van der Waals surface area contributed by atoms with Gasteiger partial charge in [-0.25, -0.2) is 4.39 Å². The highest BCUT2D eigenvalue weighted by molar-refractivity contribution is 5.95. The highest BCUT2D eigenvalue weighted by atomic mass is 19.1. The highest BCUT2D eigenvalue weighted by Gasteiger charge is 2.15. The molecule has 0 aliphatic heterocycles. The van der Waals surface area contributed by atoms with Gasteiger partial charge >= 0.3 is 0 Å². The van der Waals surface area contributed by atoms with Gasteiger partial charge in [0, 0.05) is 28.5 Å². The smallest absolute Gasteiger partial charge is 0.147 e. The zero-order chi connectivity index (χ0) is 22.4. The normalized spacial score (nSPS) is 10.5. The molecule has 0 saturated heterocycles. The van der Waals surface area contributed by atoms with Crippen molar-refractivity contribution >= 4 is 11.7 Å². The second kappa shape index (κ2) is 9.71. The Balaban J connectivity index is 1.73. The van der Waals surface area contributed by atoms with Crippen LogP contribution in [0.3, 0.4) is 0 Å². The van der Waals surface area contributed by atoms with Crippen LogP contribution in [-0.4, -0.2) is 16.7 Å². The van der Waals surface area contributed by atoms with E-state index in [1.807, 2.05) is 12.1 Å². The minimum atomic E-state index is -0.718. The number of nitrogens with two attached hydrogens (primary N) is 2. The third kappa shape index (κ3) is 5.36. The zero-order valence-electron chi connectivity index (χ0n) is 17.1. The van der Waals surface area contributed by atoms with Crippen LogP contribution in [0.5, 0.6) is 11.5 Å². The Morgan fingerprint density at radius 3 is 2.03 bits per heavy atom. The number of ether oxygens (including phenoxy) is 2. The Hall–Kier alpha value is -3.94. The average Bonchev–Trinajstić information content (AvgIpc) is 2.77. The molecular weight excluding hydrogens is 397 g/mol. The zero-order valence-corrected chi connectivity index (χ0v) is 17.1. The number of aryl methyl sites for hydroxylation is 1. The first-order valence-corrected chi connectivity index (χ1v) is 9.55. The number of aromatic nitrogens is 1. The standard InChI is InChI=1S/C23H24FN5O2/c1-14-21(31-12-15-2-4-16(5-3-15)22(25)26)20(10-24)18(11-29-14)13-30-19-8-6-17(7-9-19)23(27)28/h2-9,11H,10,12-13H2,1H3,(H3,25,26)(H3,27,28). The van der Waals surface area contributed by atoms with Gasteiger partial charge < -0.3 is 20.9 Å². The summed E-state index contributed by atoms with van der Waals surface area (Å²) in [6.45, 7) is 1.39. The number of amidine groups is 2. The van der Waals surface area contributed by atoms with E-state index < -0.39 is 6.67 Å². The van der Waals surface area contributed by atoms with Crippen LogP contribution in [0.25, 0.3) is 0 Å². The molecule has 8 heteroatoms. The van der Waals surface area contributed by atoms with Crippen LogP contribution in [-0.2, 0) is 19.9 Å². The molecule has 0 fully saturated rings. The van der Waals surface area contributed by atoms with Crippen molar-refractivity contribution in [3.8, 4) is 11.5 Å².